The smallest absolute Gasteiger partial charge is 0.269 e. The van der Waals surface area contributed by atoms with Gasteiger partial charge in [0.15, 0.2) is 0 Å². The monoisotopic (exact) mass is 413 g/mol. The second-order valence-electron chi connectivity index (χ2n) is 8.23. The number of anilines is 1. The van der Waals surface area contributed by atoms with Crippen molar-refractivity contribution in [2.24, 2.45) is 5.92 Å². The van der Waals surface area contributed by atoms with Crippen LogP contribution in [0, 0.1) is 28.8 Å². The fourth-order valence-corrected chi connectivity index (χ4v) is 3.84. The highest BCUT2D eigenvalue weighted by atomic mass is 19.1. The van der Waals surface area contributed by atoms with Gasteiger partial charge in [-0.15, -0.1) is 0 Å². The molecular formula is C23H28FN3O3. The molecule has 2 aromatic carbocycles. The molecule has 0 atom stereocenters. The van der Waals surface area contributed by atoms with Crippen LogP contribution in [-0.4, -0.2) is 34.9 Å². The second kappa shape index (κ2) is 9.34. The van der Waals surface area contributed by atoms with Gasteiger partial charge in [0.05, 0.1) is 4.92 Å². The lowest BCUT2D eigenvalue weighted by Gasteiger charge is -2.39. The van der Waals surface area contributed by atoms with Crippen molar-refractivity contribution in [2.75, 3.05) is 18.0 Å². The van der Waals surface area contributed by atoms with E-state index in [2.05, 4.69) is 4.90 Å². The third kappa shape index (κ3) is 5.02. The number of nitro benzene ring substituents is 1. The number of amides is 1. The normalized spacial score (nSPS) is 15.4. The average Bonchev–Trinajstić information content (AvgIpc) is 2.72. The van der Waals surface area contributed by atoms with Crippen molar-refractivity contribution in [2.45, 2.75) is 46.2 Å². The standard InChI is InChI=1S/C23H28FN3O3/c1-16(2)23(28)26(21-7-4-17(3)22(24)14-21)19-10-12-25(13-11-19)15-18-5-8-20(9-6-18)27(29)30/h4-9,14,16,19H,10-13,15H2,1-3H3. The molecule has 0 aromatic heterocycles. The molecule has 6 nitrogen and oxygen atoms in total. The number of hydrogen-bond donors (Lipinski definition) is 0. The zero-order chi connectivity index (χ0) is 21.8. The first-order valence-corrected chi connectivity index (χ1v) is 10.3. The Kier molecular flexibility index (Phi) is 6.82. The molecule has 0 radical (unpaired) electrons. The van der Waals surface area contributed by atoms with E-state index in [1.165, 1.54) is 18.2 Å². The largest absolute Gasteiger partial charge is 0.309 e. The molecule has 1 amide bonds. The Balaban J connectivity index is 1.68. The molecule has 160 valence electrons. The molecule has 0 aliphatic carbocycles. The number of hydrogen-bond acceptors (Lipinski definition) is 4. The average molecular weight is 413 g/mol. The minimum absolute atomic E-state index is 0.00655. The van der Waals surface area contributed by atoms with Gasteiger partial charge in [-0.3, -0.25) is 19.8 Å². The van der Waals surface area contributed by atoms with Crippen LogP contribution < -0.4 is 4.90 Å². The Hall–Kier alpha value is -2.80. The molecule has 0 unspecified atom stereocenters. The quantitative estimate of drug-likeness (QED) is 0.509. The number of likely N-dealkylation sites (tertiary alicyclic amines) is 1. The van der Waals surface area contributed by atoms with Crippen LogP contribution in [0.1, 0.15) is 37.8 Å². The van der Waals surface area contributed by atoms with Crippen molar-refractivity contribution in [3.05, 3.63) is 69.5 Å². The van der Waals surface area contributed by atoms with Crippen molar-refractivity contribution in [1.29, 1.82) is 0 Å². The highest BCUT2D eigenvalue weighted by Gasteiger charge is 2.30. The number of aryl methyl sites for hydroxylation is 1. The van der Waals surface area contributed by atoms with E-state index in [-0.39, 0.29) is 29.4 Å². The van der Waals surface area contributed by atoms with Gasteiger partial charge in [-0.2, -0.15) is 0 Å². The van der Waals surface area contributed by atoms with E-state index >= 15 is 0 Å². The Morgan fingerprint density at radius 1 is 1.20 bits per heavy atom. The number of carbonyl (C=O) groups is 1. The van der Waals surface area contributed by atoms with Crippen LogP contribution in [0.3, 0.4) is 0 Å². The van der Waals surface area contributed by atoms with Gasteiger partial charge in [0.25, 0.3) is 5.69 Å². The predicted octanol–water partition coefficient (Wildman–Crippen LogP) is 4.70. The van der Waals surface area contributed by atoms with Gasteiger partial charge < -0.3 is 4.90 Å². The fraction of sp³-hybridized carbons (Fsp3) is 0.435. The molecule has 0 spiro atoms. The molecule has 0 N–H and O–H groups in total. The van der Waals surface area contributed by atoms with Gasteiger partial charge in [-0.1, -0.05) is 32.0 Å². The van der Waals surface area contributed by atoms with Crippen molar-refractivity contribution >= 4 is 17.3 Å². The Morgan fingerprint density at radius 3 is 2.37 bits per heavy atom. The minimum Gasteiger partial charge on any atom is -0.309 e. The van der Waals surface area contributed by atoms with Gasteiger partial charge in [-0.25, -0.2) is 4.39 Å². The van der Waals surface area contributed by atoms with E-state index in [1.54, 1.807) is 30.0 Å². The Bertz CT molecular complexity index is 906. The van der Waals surface area contributed by atoms with Crippen LogP contribution in [0.15, 0.2) is 42.5 Å². The van der Waals surface area contributed by atoms with Crippen LogP contribution >= 0.6 is 0 Å². The number of benzene rings is 2. The third-order valence-corrected chi connectivity index (χ3v) is 5.64. The number of non-ortho nitro benzene ring substituents is 1. The highest BCUT2D eigenvalue weighted by Crippen LogP contribution is 2.28. The predicted molar refractivity (Wildman–Crippen MR) is 115 cm³/mol. The van der Waals surface area contributed by atoms with Crippen molar-refractivity contribution in [3.63, 3.8) is 0 Å². The summed E-state index contributed by atoms with van der Waals surface area (Å²) in [5.74, 6) is -0.468. The molecule has 1 heterocycles. The maximum absolute atomic E-state index is 14.2. The first kappa shape index (κ1) is 21.9. The molecule has 2 aromatic rings. The summed E-state index contributed by atoms with van der Waals surface area (Å²) in [4.78, 5) is 27.4. The van der Waals surface area contributed by atoms with E-state index in [0.29, 0.717) is 17.8 Å². The highest BCUT2D eigenvalue weighted by molar-refractivity contribution is 5.95. The molecule has 3 rings (SSSR count). The lowest BCUT2D eigenvalue weighted by Crippen LogP contribution is -2.48. The minimum atomic E-state index is -0.399. The Labute approximate surface area is 176 Å². The number of halogens is 1. The SMILES string of the molecule is Cc1ccc(N(C(=O)C(C)C)C2CCN(Cc3ccc([N+](=O)[O-])cc3)CC2)cc1F. The van der Waals surface area contributed by atoms with Gasteiger partial charge in [0.1, 0.15) is 5.82 Å². The maximum atomic E-state index is 14.2. The number of rotatable bonds is 6. The number of piperidine rings is 1. The van der Waals surface area contributed by atoms with Crippen molar-refractivity contribution < 1.29 is 14.1 Å². The summed E-state index contributed by atoms with van der Waals surface area (Å²) in [6.45, 7) is 7.76. The molecule has 0 bridgehead atoms. The van der Waals surface area contributed by atoms with Crippen LogP contribution in [0.4, 0.5) is 15.8 Å². The van der Waals surface area contributed by atoms with E-state index in [1.807, 2.05) is 19.9 Å². The van der Waals surface area contributed by atoms with Crippen molar-refractivity contribution in [3.8, 4) is 0 Å². The topological polar surface area (TPSA) is 66.7 Å². The summed E-state index contributed by atoms with van der Waals surface area (Å²) in [6.07, 6.45) is 1.59. The van der Waals surface area contributed by atoms with Gasteiger partial charge >= 0.3 is 0 Å². The molecule has 1 fully saturated rings. The van der Waals surface area contributed by atoms with E-state index in [9.17, 15) is 19.3 Å². The van der Waals surface area contributed by atoms with E-state index in [4.69, 9.17) is 0 Å². The number of carbonyl (C=O) groups excluding carboxylic acids is 1. The molecule has 1 aliphatic rings. The lowest BCUT2D eigenvalue weighted by atomic mass is 9.99. The molecule has 7 heteroatoms. The first-order chi connectivity index (χ1) is 14.3. The summed E-state index contributed by atoms with van der Waals surface area (Å²) < 4.78 is 14.2. The molecule has 1 aliphatic heterocycles. The zero-order valence-corrected chi connectivity index (χ0v) is 17.7. The third-order valence-electron chi connectivity index (χ3n) is 5.64. The van der Waals surface area contributed by atoms with Crippen LogP contribution in [-0.2, 0) is 11.3 Å². The van der Waals surface area contributed by atoms with E-state index < -0.39 is 4.92 Å². The van der Waals surface area contributed by atoms with Gasteiger partial charge in [-0.05, 0) is 43.0 Å². The zero-order valence-electron chi connectivity index (χ0n) is 17.7. The molecular weight excluding hydrogens is 385 g/mol. The van der Waals surface area contributed by atoms with Gasteiger partial charge in [0.2, 0.25) is 5.91 Å². The number of nitrogens with zero attached hydrogens (tertiary/aromatic N) is 3. The summed E-state index contributed by atoms with van der Waals surface area (Å²) in [5.41, 5.74) is 2.29. The fourth-order valence-electron chi connectivity index (χ4n) is 3.84. The summed E-state index contributed by atoms with van der Waals surface area (Å²) in [5, 5.41) is 10.8. The van der Waals surface area contributed by atoms with Gasteiger partial charge in [0, 0.05) is 49.4 Å². The maximum Gasteiger partial charge on any atom is 0.269 e. The van der Waals surface area contributed by atoms with Crippen LogP contribution in [0.2, 0.25) is 0 Å². The summed E-state index contributed by atoms with van der Waals surface area (Å²) in [6, 6.07) is 11.6. The molecule has 1 saturated heterocycles. The molecule has 30 heavy (non-hydrogen) atoms. The van der Waals surface area contributed by atoms with Crippen molar-refractivity contribution in [1.82, 2.24) is 4.90 Å². The lowest BCUT2D eigenvalue weighted by molar-refractivity contribution is -0.384. The van der Waals surface area contributed by atoms with Crippen LogP contribution in [0.25, 0.3) is 0 Å². The van der Waals surface area contributed by atoms with Crippen LogP contribution in [0.5, 0.6) is 0 Å². The number of nitro groups is 1. The summed E-state index contributed by atoms with van der Waals surface area (Å²) in [7, 11) is 0. The summed E-state index contributed by atoms with van der Waals surface area (Å²) >= 11 is 0. The second-order valence-corrected chi connectivity index (χ2v) is 8.23. The first-order valence-electron chi connectivity index (χ1n) is 10.3. The Morgan fingerprint density at radius 2 is 1.83 bits per heavy atom. The van der Waals surface area contributed by atoms with E-state index in [0.717, 1.165) is 31.5 Å². The molecule has 0 saturated carbocycles.